The molecule has 1 aliphatic rings. The van der Waals surface area contributed by atoms with E-state index in [9.17, 15) is 9.59 Å². The van der Waals surface area contributed by atoms with Crippen LogP contribution in [0.15, 0.2) is 0 Å². The minimum Gasteiger partial charge on any atom is -0.481 e. The van der Waals surface area contributed by atoms with E-state index in [0.29, 0.717) is 12.3 Å². The van der Waals surface area contributed by atoms with E-state index < -0.39 is 5.97 Å². The molecule has 0 aromatic rings. The number of hydrogen-bond donors (Lipinski definition) is 3. The Morgan fingerprint density at radius 1 is 1.17 bits per heavy atom. The van der Waals surface area contributed by atoms with Gasteiger partial charge in [-0.3, -0.25) is 9.59 Å². The van der Waals surface area contributed by atoms with Crippen LogP contribution in [0.1, 0.15) is 44.9 Å². The van der Waals surface area contributed by atoms with E-state index in [1.807, 2.05) is 0 Å². The molecule has 0 radical (unpaired) electrons. The standard InChI is InChI=1S/C13H24N2O3/c14-12(16)3-1-2-8-15-9-10-4-6-11(7-5-10)13(17)18/h10-11,15H,1-9H2,(H2,14,16)(H,17,18). The first-order valence-electron chi connectivity index (χ1n) is 6.81. The van der Waals surface area contributed by atoms with E-state index >= 15 is 0 Å². The maximum absolute atomic E-state index is 10.8. The number of carbonyl (C=O) groups is 2. The summed E-state index contributed by atoms with van der Waals surface area (Å²) in [5, 5.41) is 12.3. The van der Waals surface area contributed by atoms with Crippen molar-refractivity contribution < 1.29 is 14.7 Å². The molecule has 0 atom stereocenters. The fourth-order valence-electron chi connectivity index (χ4n) is 2.47. The summed E-state index contributed by atoms with van der Waals surface area (Å²) >= 11 is 0. The van der Waals surface area contributed by atoms with Gasteiger partial charge in [0.15, 0.2) is 0 Å². The molecule has 18 heavy (non-hydrogen) atoms. The Hall–Kier alpha value is -1.10. The first-order valence-corrected chi connectivity index (χ1v) is 6.81. The Bertz CT molecular complexity index is 273. The Kier molecular flexibility index (Phi) is 6.72. The average molecular weight is 256 g/mol. The SMILES string of the molecule is NC(=O)CCCCNCC1CCC(C(=O)O)CC1. The highest BCUT2D eigenvalue weighted by atomic mass is 16.4. The molecule has 0 bridgehead atoms. The van der Waals surface area contributed by atoms with Crippen LogP contribution in [-0.2, 0) is 9.59 Å². The maximum atomic E-state index is 10.8. The molecule has 5 heteroatoms. The highest BCUT2D eigenvalue weighted by molar-refractivity contribution is 5.73. The van der Waals surface area contributed by atoms with Gasteiger partial charge in [0.2, 0.25) is 5.91 Å². The summed E-state index contributed by atoms with van der Waals surface area (Å²) < 4.78 is 0. The summed E-state index contributed by atoms with van der Waals surface area (Å²) in [5.41, 5.74) is 5.05. The minimum atomic E-state index is -0.645. The Balaban J connectivity index is 1.98. The molecule has 0 aromatic heterocycles. The van der Waals surface area contributed by atoms with Crippen molar-refractivity contribution >= 4 is 11.9 Å². The second-order valence-electron chi connectivity index (χ2n) is 5.18. The summed E-state index contributed by atoms with van der Waals surface area (Å²) in [6.07, 6.45) is 5.90. The van der Waals surface area contributed by atoms with Crippen molar-refractivity contribution in [2.24, 2.45) is 17.6 Å². The zero-order valence-corrected chi connectivity index (χ0v) is 10.9. The molecule has 1 amide bonds. The lowest BCUT2D eigenvalue weighted by Gasteiger charge is -2.26. The van der Waals surface area contributed by atoms with Gasteiger partial charge in [0.1, 0.15) is 0 Å². The number of nitrogens with two attached hydrogens (primary N) is 1. The smallest absolute Gasteiger partial charge is 0.306 e. The van der Waals surface area contributed by atoms with Gasteiger partial charge in [-0.15, -0.1) is 0 Å². The van der Waals surface area contributed by atoms with Crippen molar-refractivity contribution in [3.05, 3.63) is 0 Å². The first-order chi connectivity index (χ1) is 8.59. The van der Waals surface area contributed by atoms with Crippen LogP contribution < -0.4 is 11.1 Å². The fourth-order valence-corrected chi connectivity index (χ4v) is 2.47. The minimum absolute atomic E-state index is 0.128. The van der Waals surface area contributed by atoms with Crippen LogP contribution in [0.4, 0.5) is 0 Å². The molecule has 0 saturated heterocycles. The molecule has 0 aliphatic heterocycles. The lowest BCUT2D eigenvalue weighted by Crippen LogP contribution is -2.29. The molecule has 4 N–H and O–H groups in total. The van der Waals surface area contributed by atoms with Crippen LogP contribution in [0.2, 0.25) is 0 Å². The van der Waals surface area contributed by atoms with Crippen molar-refractivity contribution in [1.29, 1.82) is 0 Å². The summed E-state index contributed by atoms with van der Waals surface area (Å²) in [5.74, 6) is -0.400. The third kappa shape index (κ3) is 6.00. The quantitative estimate of drug-likeness (QED) is 0.567. The lowest BCUT2D eigenvalue weighted by molar-refractivity contribution is -0.143. The number of rotatable bonds is 8. The molecule has 0 unspecified atom stereocenters. The highest BCUT2D eigenvalue weighted by Gasteiger charge is 2.25. The van der Waals surface area contributed by atoms with E-state index in [1.165, 1.54) is 0 Å². The van der Waals surface area contributed by atoms with Gasteiger partial charge in [0.25, 0.3) is 0 Å². The van der Waals surface area contributed by atoms with Gasteiger partial charge in [-0.05, 0) is 57.5 Å². The lowest BCUT2D eigenvalue weighted by atomic mass is 9.82. The zero-order valence-electron chi connectivity index (χ0n) is 10.9. The van der Waals surface area contributed by atoms with Crippen molar-refractivity contribution in [3.8, 4) is 0 Å². The van der Waals surface area contributed by atoms with Gasteiger partial charge in [0.05, 0.1) is 5.92 Å². The van der Waals surface area contributed by atoms with Crippen LogP contribution in [-0.4, -0.2) is 30.1 Å². The predicted octanol–water partition coefficient (Wildman–Crippen LogP) is 1.12. The Labute approximate surface area is 108 Å². The van der Waals surface area contributed by atoms with Gasteiger partial charge < -0.3 is 16.2 Å². The van der Waals surface area contributed by atoms with Gasteiger partial charge in [-0.25, -0.2) is 0 Å². The van der Waals surface area contributed by atoms with Crippen molar-refractivity contribution in [2.75, 3.05) is 13.1 Å². The molecule has 1 saturated carbocycles. The van der Waals surface area contributed by atoms with Gasteiger partial charge in [0, 0.05) is 6.42 Å². The summed E-state index contributed by atoms with van der Waals surface area (Å²) in [4.78, 5) is 21.3. The number of amides is 1. The molecular weight excluding hydrogens is 232 g/mol. The first kappa shape index (κ1) is 15.0. The summed E-state index contributed by atoms with van der Waals surface area (Å²) in [6.45, 7) is 1.87. The molecular formula is C13H24N2O3. The summed E-state index contributed by atoms with van der Waals surface area (Å²) in [6, 6.07) is 0. The van der Waals surface area contributed by atoms with Crippen molar-refractivity contribution in [1.82, 2.24) is 5.32 Å². The topological polar surface area (TPSA) is 92.4 Å². The van der Waals surface area contributed by atoms with E-state index in [-0.39, 0.29) is 11.8 Å². The molecule has 104 valence electrons. The number of unbranched alkanes of at least 4 members (excludes halogenated alkanes) is 1. The second-order valence-corrected chi connectivity index (χ2v) is 5.18. The highest BCUT2D eigenvalue weighted by Crippen LogP contribution is 2.28. The average Bonchev–Trinajstić information content (AvgIpc) is 2.34. The normalized spacial score (nSPS) is 23.8. The fraction of sp³-hybridized carbons (Fsp3) is 0.846. The molecule has 1 aliphatic carbocycles. The molecule has 0 heterocycles. The largest absolute Gasteiger partial charge is 0.481 e. The monoisotopic (exact) mass is 256 g/mol. The number of aliphatic carboxylic acids is 1. The van der Waals surface area contributed by atoms with Crippen LogP contribution in [0.5, 0.6) is 0 Å². The number of primary amides is 1. The van der Waals surface area contributed by atoms with Crippen LogP contribution in [0.3, 0.4) is 0 Å². The predicted molar refractivity (Wildman–Crippen MR) is 69.0 cm³/mol. The number of carbonyl (C=O) groups excluding carboxylic acids is 1. The van der Waals surface area contributed by atoms with Gasteiger partial charge >= 0.3 is 5.97 Å². The van der Waals surface area contributed by atoms with Crippen LogP contribution in [0, 0.1) is 11.8 Å². The molecule has 1 fully saturated rings. The zero-order chi connectivity index (χ0) is 13.4. The van der Waals surface area contributed by atoms with E-state index in [2.05, 4.69) is 5.32 Å². The van der Waals surface area contributed by atoms with Crippen molar-refractivity contribution in [2.45, 2.75) is 44.9 Å². The maximum Gasteiger partial charge on any atom is 0.306 e. The van der Waals surface area contributed by atoms with E-state index in [4.69, 9.17) is 10.8 Å². The molecule has 1 rings (SSSR count). The Morgan fingerprint density at radius 3 is 2.39 bits per heavy atom. The van der Waals surface area contributed by atoms with E-state index in [0.717, 1.165) is 51.6 Å². The third-order valence-corrected chi connectivity index (χ3v) is 3.66. The Morgan fingerprint density at radius 2 is 1.83 bits per heavy atom. The number of carboxylic acid groups (broad SMARTS) is 1. The molecule has 0 aromatic carbocycles. The number of nitrogens with one attached hydrogen (secondary N) is 1. The second kappa shape index (κ2) is 8.08. The van der Waals surface area contributed by atoms with Crippen LogP contribution in [0.25, 0.3) is 0 Å². The summed E-state index contributed by atoms with van der Waals surface area (Å²) in [7, 11) is 0. The number of carboxylic acids is 1. The van der Waals surface area contributed by atoms with Gasteiger partial charge in [-0.2, -0.15) is 0 Å². The van der Waals surface area contributed by atoms with E-state index in [1.54, 1.807) is 0 Å². The van der Waals surface area contributed by atoms with Crippen LogP contribution >= 0.6 is 0 Å². The molecule has 0 spiro atoms. The van der Waals surface area contributed by atoms with Crippen molar-refractivity contribution in [3.63, 3.8) is 0 Å². The van der Waals surface area contributed by atoms with Gasteiger partial charge in [-0.1, -0.05) is 0 Å². The molecule has 5 nitrogen and oxygen atoms in total. The number of hydrogen-bond acceptors (Lipinski definition) is 3. The third-order valence-electron chi connectivity index (χ3n) is 3.66.